The summed E-state index contributed by atoms with van der Waals surface area (Å²) < 4.78 is 13.9. The highest BCUT2D eigenvalue weighted by atomic mass is 35.5. The van der Waals surface area contributed by atoms with Crippen molar-refractivity contribution in [3.63, 3.8) is 0 Å². The summed E-state index contributed by atoms with van der Waals surface area (Å²) in [5.74, 6) is -0.380. The molecule has 4 nitrogen and oxygen atoms in total. The molecule has 1 aromatic rings. The molecule has 24 heavy (non-hydrogen) atoms. The van der Waals surface area contributed by atoms with Gasteiger partial charge in [0.2, 0.25) is 5.91 Å². The number of hydrogen-bond acceptors (Lipinski definition) is 3. The first-order valence-corrected chi connectivity index (χ1v) is 8.77. The monoisotopic (exact) mass is 355 g/mol. The van der Waals surface area contributed by atoms with Crippen LogP contribution in [0.1, 0.15) is 25.3 Å². The molecule has 6 heteroatoms. The quantitative estimate of drug-likeness (QED) is 0.812. The van der Waals surface area contributed by atoms with Gasteiger partial charge in [-0.2, -0.15) is 0 Å². The lowest BCUT2D eigenvalue weighted by molar-refractivity contribution is -0.136. The molecule has 0 N–H and O–H groups in total. The van der Waals surface area contributed by atoms with E-state index in [1.54, 1.807) is 24.1 Å². The van der Waals surface area contributed by atoms with E-state index in [0.717, 1.165) is 25.9 Å². The first-order valence-electron chi connectivity index (χ1n) is 8.39. The summed E-state index contributed by atoms with van der Waals surface area (Å²) in [6, 6.07) is 4.84. The molecule has 1 aliphatic heterocycles. The molecule has 0 bridgehead atoms. The van der Waals surface area contributed by atoms with Crippen LogP contribution in [0.5, 0.6) is 0 Å². The number of piperidine rings is 1. The van der Waals surface area contributed by atoms with Crippen molar-refractivity contribution in [2.45, 2.75) is 38.4 Å². The topological polar surface area (TPSA) is 26.8 Å². The van der Waals surface area contributed by atoms with Gasteiger partial charge in [0, 0.05) is 36.8 Å². The number of likely N-dealkylation sites (N-methyl/N-ethyl adjacent to an activating group) is 2. The van der Waals surface area contributed by atoms with E-state index in [9.17, 15) is 9.18 Å². The van der Waals surface area contributed by atoms with Crippen LogP contribution in [-0.4, -0.2) is 66.9 Å². The third kappa shape index (κ3) is 4.47. The second kappa shape index (κ2) is 8.28. The third-order valence-electron chi connectivity index (χ3n) is 4.90. The molecular weight excluding hydrogens is 329 g/mol. The Kier molecular flexibility index (Phi) is 6.61. The molecule has 2 atom stereocenters. The SMILES string of the molecule is CC(C(=O)N(C)Cc1c(F)cccc1Cl)N1CCCC(N(C)C)C1. The molecule has 1 amide bonds. The van der Waals surface area contributed by atoms with Crippen LogP contribution < -0.4 is 0 Å². The number of amides is 1. The molecule has 2 rings (SSSR count). The van der Waals surface area contributed by atoms with Gasteiger partial charge in [0.15, 0.2) is 0 Å². The zero-order valence-corrected chi connectivity index (χ0v) is 15.7. The summed E-state index contributed by atoms with van der Waals surface area (Å²) in [7, 11) is 5.86. The highest BCUT2D eigenvalue weighted by Crippen LogP contribution is 2.22. The van der Waals surface area contributed by atoms with Crippen molar-refractivity contribution in [2.24, 2.45) is 0 Å². The predicted octanol–water partition coefficient (Wildman–Crippen LogP) is 2.85. The van der Waals surface area contributed by atoms with Crippen LogP contribution in [0, 0.1) is 5.82 Å². The Labute approximate surface area is 149 Å². The lowest BCUT2D eigenvalue weighted by Gasteiger charge is -2.39. The largest absolute Gasteiger partial charge is 0.340 e. The van der Waals surface area contributed by atoms with Gasteiger partial charge in [-0.15, -0.1) is 0 Å². The smallest absolute Gasteiger partial charge is 0.239 e. The van der Waals surface area contributed by atoms with Crippen LogP contribution in [0.4, 0.5) is 4.39 Å². The minimum atomic E-state index is -0.375. The standard InChI is InChI=1S/C18H27ClFN3O/c1-13(23-10-6-7-14(11-23)21(2)3)18(24)22(4)12-15-16(19)8-5-9-17(15)20/h5,8-9,13-14H,6-7,10-12H2,1-4H3. The van der Waals surface area contributed by atoms with Gasteiger partial charge >= 0.3 is 0 Å². The molecule has 2 unspecified atom stereocenters. The summed E-state index contributed by atoms with van der Waals surface area (Å²) in [6.45, 7) is 3.92. The molecule has 1 aromatic carbocycles. The van der Waals surface area contributed by atoms with Crippen molar-refractivity contribution in [3.8, 4) is 0 Å². The van der Waals surface area contributed by atoms with Gasteiger partial charge in [-0.3, -0.25) is 9.69 Å². The Morgan fingerprint density at radius 1 is 1.42 bits per heavy atom. The number of benzene rings is 1. The summed E-state index contributed by atoms with van der Waals surface area (Å²) in [5.41, 5.74) is 0.368. The van der Waals surface area contributed by atoms with Crippen LogP contribution in [0.25, 0.3) is 0 Å². The Hall–Kier alpha value is -1.17. The van der Waals surface area contributed by atoms with E-state index in [-0.39, 0.29) is 24.3 Å². The van der Waals surface area contributed by atoms with E-state index in [2.05, 4.69) is 23.9 Å². The zero-order valence-electron chi connectivity index (χ0n) is 14.9. The minimum Gasteiger partial charge on any atom is -0.340 e. The molecule has 0 spiro atoms. The summed E-state index contributed by atoms with van der Waals surface area (Å²) in [4.78, 5) is 18.7. The highest BCUT2D eigenvalue weighted by Gasteiger charge is 2.30. The average molecular weight is 356 g/mol. The van der Waals surface area contributed by atoms with Crippen LogP contribution in [0.15, 0.2) is 18.2 Å². The van der Waals surface area contributed by atoms with Crippen LogP contribution >= 0.6 is 11.6 Å². The fourth-order valence-corrected chi connectivity index (χ4v) is 3.45. The number of hydrogen-bond donors (Lipinski definition) is 0. The third-order valence-corrected chi connectivity index (χ3v) is 5.25. The molecule has 0 radical (unpaired) electrons. The second-order valence-corrected chi connectivity index (χ2v) is 7.23. The number of carbonyl (C=O) groups is 1. The van der Waals surface area contributed by atoms with Crippen molar-refractivity contribution >= 4 is 17.5 Å². The number of rotatable bonds is 5. The molecule has 134 valence electrons. The Balaban J connectivity index is 2.02. The maximum Gasteiger partial charge on any atom is 0.239 e. The number of likely N-dealkylation sites (tertiary alicyclic amines) is 1. The van der Waals surface area contributed by atoms with Gasteiger partial charge in [0.05, 0.1) is 6.04 Å². The Bertz CT molecular complexity index is 561. The Morgan fingerprint density at radius 2 is 2.12 bits per heavy atom. The van der Waals surface area contributed by atoms with Gasteiger partial charge in [-0.25, -0.2) is 4.39 Å². The molecule has 1 saturated heterocycles. The van der Waals surface area contributed by atoms with E-state index in [1.807, 2.05) is 6.92 Å². The van der Waals surface area contributed by atoms with Gasteiger partial charge in [-0.1, -0.05) is 17.7 Å². The van der Waals surface area contributed by atoms with Crippen molar-refractivity contribution in [1.82, 2.24) is 14.7 Å². The van der Waals surface area contributed by atoms with Crippen LogP contribution in [0.2, 0.25) is 5.02 Å². The fourth-order valence-electron chi connectivity index (χ4n) is 3.23. The van der Waals surface area contributed by atoms with Gasteiger partial charge in [0.1, 0.15) is 5.82 Å². The number of carbonyl (C=O) groups excluding carboxylic acids is 1. The van der Waals surface area contributed by atoms with Crippen LogP contribution in [-0.2, 0) is 11.3 Å². The second-order valence-electron chi connectivity index (χ2n) is 6.83. The molecule has 1 fully saturated rings. The minimum absolute atomic E-state index is 0.00581. The van der Waals surface area contributed by atoms with E-state index in [0.29, 0.717) is 16.6 Å². The normalized spacial score (nSPS) is 20.2. The first-order chi connectivity index (χ1) is 11.3. The number of nitrogens with zero attached hydrogens (tertiary/aromatic N) is 3. The van der Waals surface area contributed by atoms with Gasteiger partial charge in [-0.05, 0) is 52.5 Å². The lowest BCUT2D eigenvalue weighted by Crippen LogP contribution is -2.53. The van der Waals surface area contributed by atoms with Crippen molar-refractivity contribution < 1.29 is 9.18 Å². The fraction of sp³-hybridized carbons (Fsp3) is 0.611. The average Bonchev–Trinajstić information content (AvgIpc) is 2.56. The van der Waals surface area contributed by atoms with Gasteiger partial charge in [0.25, 0.3) is 0 Å². The van der Waals surface area contributed by atoms with Crippen molar-refractivity contribution in [3.05, 3.63) is 34.6 Å². The van der Waals surface area contributed by atoms with E-state index in [4.69, 9.17) is 11.6 Å². The number of halogens is 2. The van der Waals surface area contributed by atoms with E-state index < -0.39 is 0 Å². The Morgan fingerprint density at radius 3 is 2.75 bits per heavy atom. The van der Waals surface area contributed by atoms with E-state index >= 15 is 0 Å². The highest BCUT2D eigenvalue weighted by molar-refractivity contribution is 6.31. The van der Waals surface area contributed by atoms with E-state index in [1.165, 1.54) is 6.07 Å². The molecule has 0 aliphatic carbocycles. The molecular formula is C18H27ClFN3O. The lowest BCUT2D eigenvalue weighted by atomic mass is 10.0. The maximum absolute atomic E-state index is 13.9. The molecule has 1 aliphatic rings. The maximum atomic E-state index is 13.9. The predicted molar refractivity (Wildman–Crippen MR) is 95.6 cm³/mol. The summed E-state index contributed by atoms with van der Waals surface area (Å²) >= 11 is 6.07. The van der Waals surface area contributed by atoms with Crippen molar-refractivity contribution in [1.29, 1.82) is 0 Å². The van der Waals surface area contributed by atoms with Crippen LogP contribution in [0.3, 0.4) is 0 Å². The molecule has 0 aromatic heterocycles. The summed E-state index contributed by atoms with van der Waals surface area (Å²) in [5, 5.41) is 0.355. The first kappa shape index (κ1) is 19.2. The zero-order chi connectivity index (χ0) is 17.9. The molecule has 1 heterocycles. The van der Waals surface area contributed by atoms with Crippen molar-refractivity contribution in [2.75, 3.05) is 34.2 Å². The molecule has 0 saturated carbocycles. The summed E-state index contributed by atoms with van der Waals surface area (Å²) in [6.07, 6.45) is 2.24. The van der Waals surface area contributed by atoms with Gasteiger partial charge < -0.3 is 9.80 Å².